The highest BCUT2D eigenvalue weighted by atomic mass is 16.5. The molecule has 26 heavy (non-hydrogen) atoms. The lowest BCUT2D eigenvalue weighted by molar-refractivity contribution is -0.123. The highest BCUT2D eigenvalue weighted by Crippen LogP contribution is 2.25. The molecule has 2 aliphatic rings. The van der Waals surface area contributed by atoms with Gasteiger partial charge in [0, 0.05) is 44.5 Å². The molecule has 0 saturated carbocycles. The van der Waals surface area contributed by atoms with E-state index in [1.807, 2.05) is 4.90 Å². The van der Waals surface area contributed by atoms with Gasteiger partial charge in [-0.25, -0.2) is 0 Å². The van der Waals surface area contributed by atoms with Crippen LogP contribution in [-0.4, -0.2) is 74.2 Å². The molecule has 2 heterocycles. The van der Waals surface area contributed by atoms with Crippen LogP contribution < -0.4 is 4.90 Å². The molecule has 3 rings (SSSR count). The van der Waals surface area contributed by atoms with Crippen LogP contribution in [0.15, 0.2) is 24.3 Å². The zero-order valence-electron chi connectivity index (χ0n) is 16.7. The number of benzene rings is 1. The van der Waals surface area contributed by atoms with Gasteiger partial charge in [0.2, 0.25) is 5.91 Å². The Hall–Kier alpha value is -1.43. The lowest BCUT2D eigenvalue weighted by Crippen LogP contribution is -2.58. The van der Waals surface area contributed by atoms with Gasteiger partial charge in [0.05, 0.1) is 19.8 Å². The predicted octanol–water partition coefficient (Wildman–Crippen LogP) is 2.39. The molecule has 144 valence electrons. The van der Waals surface area contributed by atoms with Crippen molar-refractivity contribution in [2.45, 2.75) is 33.7 Å². The molecule has 1 amide bonds. The summed E-state index contributed by atoms with van der Waals surface area (Å²) in [6, 6.07) is 8.62. The van der Waals surface area contributed by atoms with E-state index in [9.17, 15) is 4.79 Å². The molecule has 2 aliphatic heterocycles. The molecule has 0 unspecified atom stereocenters. The first kappa shape index (κ1) is 19.3. The Balaban J connectivity index is 1.59. The molecular weight excluding hydrogens is 326 g/mol. The minimum Gasteiger partial charge on any atom is -0.379 e. The molecule has 1 atom stereocenters. The number of anilines is 1. The zero-order chi connectivity index (χ0) is 18.7. The summed E-state index contributed by atoms with van der Waals surface area (Å²) in [5.41, 5.74) is 2.38. The summed E-state index contributed by atoms with van der Waals surface area (Å²) in [6.45, 7) is 15.9. The van der Waals surface area contributed by atoms with Crippen LogP contribution in [0.1, 0.15) is 26.3 Å². The summed E-state index contributed by atoms with van der Waals surface area (Å²) in [7, 11) is 0. The molecular formula is C21H33N3O2. The van der Waals surface area contributed by atoms with Crippen LogP contribution in [0.3, 0.4) is 0 Å². The first-order valence-corrected chi connectivity index (χ1v) is 9.75. The van der Waals surface area contributed by atoms with E-state index in [1.165, 1.54) is 5.56 Å². The summed E-state index contributed by atoms with van der Waals surface area (Å²) in [6.07, 6.45) is 0. The van der Waals surface area contributed by atoms with Crippen LogP contribution >= 0.6 is 0 Å². The second-order valence-electron chi connectivity index (χ2n) is 8.65. The molecule has 5 heteroatoms. The van der Waals surface area contributed by atoms with Gasteiger partial charge < -0.3 is 9.64 Å². The molecule has 0 spiro atoms. The third-order valence-corrected chi connectivity index (χ3v) is 5.44. The SMILES string of the molecule is Cc1ccc(N2C[C@H](C)N(CC(C)(C)CN3CCOCC3)CC2=O)cc1. The molecule has 2 saturated heterocycles. The molecule has 0 aliphatic carbocycles. The quantitative estimate of drug-likeness (QED) is 0.809. The molecule has 0 N–H and O–H groups in total. The van der Waals surface area contributed by atoms with Crippen molar-refractivity contribution in [1.82, 2.24) is 9.80 Å². The van der Waals surface area contributed by atoms with E-state index in [2.05, 4.69) is 61.8 Å². The second-order valence-corrected chi connectivity index (χ2v) is 8.65. The monoisotopic (exact) mass is 359 g/mol. The van der Waals surface area contributed by atoms with Gasteiger partial charge in [-0.05, 0) is 31.4 Å². The minimum atomic E-state index is 0.151. The number of nitrogens with zero attached hydrogens (tertiary/aromatic N) is 3. The van der Waals surface area contributed by atoms with Crippen LogP contribution in [0, 0.1) is 12.3 Å². The van der Waals surface area contributed by atoms with Crippen LogP contribution in [-0.2, 0) is 9.53 Å². The Morgan fingerprint density at radius 3 is 2.42 bits per heavy atom. The van der Waals surface area contributed by atoms with Gasteiger partial charge in [-0.3, -0.25) is 14.6 Å². The Labute approximate surface area is 157 Å². The van der Waals surface area contributed by atoms with Crippen LogP contribution in [0.5, 0.6) is 0 Å². The zero-order valence-corrected chi connectivity index (χ0v) is 16.7. The molecule has 0 radical (unpaired) electrons. The van der Waals surface area contributed by atoms with E-state index < -0.39 is 0 Å². The van der Waals surface area contributed by atoms with Crippen molar-refractivity contribution in [1.29, 1.82) is 0 Å². The van der Waals surface area contributed by atoms with Crippen molar-refractivity contribution in [2.24, 2.45) is 5.41 Å². The lowest BCUT2D eigenvalue weighted by atomic mass is 9.90. The van der Waals surface area contributed by atoms with Gasteiger partial charge in [0.15, 0.2) is 0 Å². The number of amides is 1. The summed E-state index contributed by atoms with van der Waals surface area (Å²) in [5, 5.41) is 0. The van der Waals surface area contributed by atoms with Crippen LogP contribution in [0.4, 0.5) is 5.69 Å². The minimum absolute atomic E-state index is 0.151. The van der Waals surface area contributed by atoms with Crippen molar-refractivity contribution >= 4 is 11.6 Å². The summed E-state index contributed by atoms with van der Waals surface area (Å²) >= 11 is 0. The van der Waals surface area contributed by atoms with Crippen molar-refractivity contribution in [3.05, 3.63) is 29.8 Å². The normalized spacial score (nSPS) is 23.5. The van der Waals surface area contributed by atoms with E-state index in [4.69, 9.17) is 4.74 Å². The Morgan fingerprint density at radius 2 is 1.77 bits per heavy atom. The Bertz CT molecular complexity index is 608. The maximum atomic E-state index is 12.8. The van der Waals surface area contributed by atoms with E-state index in [1.54, 1.807) is 0 Å². The summed E-state index contributed by atoms with van der Waals surface area (Å²) in [4.78, 5) is 19.5. The Kier molecular flexibility index (Phi) is 6.00. The molecule has 0 bridgehead atoms. The maximum Gasteiger partial charge on any atom is 0.241 e. The molecule has 2 fully saturated rings. The van der Waals surface area contributed by atoms with Gasteiger partial charge in [-0.2, -0.15) is 0 Å². The fraction of sp³-hybridized carbons (Fsp3) is 0.667. The fourth-order valence-electron chi connectivity index (χ4n) is 4.05. The third-order valence-electron chi connectivity index (χ3n) is 5.44. The van der Waals surface area contributed by atoms with Crippen molar-refractivity contribution < 1.29 is 9.53 Å². The van der Waals surface area contributed by atoms with E-state index in [0.717, 1.165) is 51.6 Å². The van der Waals surface area contributed by atoms with Gasteiger partial charge in [0.1, 0.15) is 0 Å². The largest absolute Gasteiger partial charge is 0.379 e. The van der Waals surface area contributed by atoms with Crippen LogP contribution in [0.25, 0.3) is 0 Å². The van der Waals surface area contributed by atoms with Gasteiger partial charge in [-0.1, -0.05) is 31.5 Å². The lowest BCUT2D eigenvalue weighted by Gasteiger charge is -2.44. The highest BCUT2D eigenvalue weighted by molar-refractivity contribution is 5.95. The van der Waals surface area contributed by atoms with Crippen LogP contribution in [0.2, 0.25) is 0 Å². The number of rotatable bonds is 5. The second kappa shape index (κ2) is 8.07. The predicted molar refractivity (Wildman–Crippen MR) is 106 cm³/mol. The van der Waals surface area contributed by atoms with Gasteiger partial charge in [0.25, 0.3) is 0 Å². The Morgan fingerprint density at radius 1 is 1.12 bits per heavy atom. The van der Waals surface area contributed by atoms with Crippen molar-refractivity contribution in [3.8, 4) is 0 Å². The van der Waals surface area contributed by atoms with Crippen molar-refractivity contribution in [3.63, 3.8) is 0 Å². The number of carbonyl (C=O) groups is 1. The average Bonchev–Trinajstić information content (AvgIpc) is 2.59. The van der Waals surface area contributed by atoms with Crippen molar-refractivity contribution in [2.75, 3.05) is 57.4 Å². The molecule has 5 nitrogen and oxygen atoms in total. The number of hydrogen-bond acceptors (Lipinski definition) is 4. The van der Waals surface area contributed by atoms with E-state index in [0.29, 0.717) is 12.6 Å². The molecule has 1 aromatic carbocycles. The summed E-state index contributed by atoms with van der Waals surface area (Å²) in [5.74, 6) is 0.203. The number of piperazine rings is 1. The number of carbonyl (C=O) groups excluding carboxylic acids is 1. The number of ether oxygens (including phenoxy) is 1. The van der Waals surface area contributed by atoms with E-state index >= 15 is 0 Å². The number of morpholine rings is 1. The van der Waals surface area contributed by atoms with Gasteiger partial charge >= 0.3 is 0 Å². The summed E-state index contributed by atoms with van der Waals surface area (Å²) < 4.78 is 5.45. The first-order chi connectivity index (χ1) is 12.3. The third kappa shape index (κ3) is 4.84. The maximum absolute atomic E-state index is 12.8. The number of aryl methyl sites for hydroxylation is 1. The number of hydrogen-bond donors (Lipinski definition) is 0. The first-order valence-electron chi connectivity index (χ1n) is 9.75. The fourth-order valence-corrected chi connectivity index (χ4v) is 4.05. The smallest absolute Gasteiger partial charge is 0.241 e. The molecule has 0 aromatic heterocycles. The average molecular weight is 360 g/mol. The standard InChI is InChI=1S/C21H33N3O2/c1-17-5-7-19(8-6-17)24-13-18(2)23(14-20(24)25)16-21(3,4)15-22-9-11-26-12-10-22/h5-8,18H,9-16H2,1-4H3/t18-/m0/s1. The molecule has 1 aromatic rings. The topological polar surface area (TPSA) is 36.0 Å². The highest BCUT2D eigenvalue weighted by Gasteiger charge is 2.34. The van der Waals surface area contributed by atoms with Gasteiger partial charge in [-0.15, -0.1) is 0 Å². The van der Waals surface area contributed by atoms with E-state index in [-0.39, 0.29) is 11.3 Å².